The summed E-state index contributed by atoms with van der Waals surface area (Å²) >= 11 is 7.89. The Morgan fingerprint density at radius 2 is 1.57 bits per heavy atom. The third kappa shape index (κ3) is 8.38. The first-order chi connectivity index (χ1) is 22.4. The molecule has 2 aromatic heterocycles. The maximum absolute atomic E-state index is 13.4. The summed E-state index contributed by atoms with van der Waals surface area (Å²) in [7, 11) is 0. The van der Waals surface area contributed by atoms with Crippen LogP contribution in [0.2, 0.25) is 5.02 Å². The number of halogens is 1. The van der Waals surface area contributed by atoms with Gasteiger partial charge in [0, 0.05) is 33.3 Å². The molecule has 2 aromatic carbocycles. The van der Waals surface area contributed by atoms with E-state index in [2.05, 4.69) is 29.4 Å². The molecule has 0 saturated carbocycles. The van der Waals surface area contributed by atoms with E-state index in [1.54, 1.807) is 23.5 Å². The molecule has 244 valence electrons. The van der Waals surface area contributed by atoms with Crippen molar-refractivity contribution in [3.05, 3.63) is 86.8 Å². The van der Waals surface area contributed by atoms with E-state index in [1.165, 1.54) is 4.88 Å². The maximum atomic E-state index is 13.4. The second kappa shape index (κ2) is 16.3. The highest BCUT2D eigenvalue weighted by molar-refractivity contribution is 7.15. The first-order valence-electron chi connectivity index (χ1n) is 15.2. The van der Waals surface area contributed by atoms with Gasteiger partial charge < -0.3 is 30.0 Å². The molecule has 0 bridgehead atoms. The summed E-state index contributed by atoms with van der Waals surface area (Å²) in [6.45, 7) is 9.98. The number of fused-ring (bicyclic) bond motifs is 3. The lowest BCUT2D eigenvalue weighted by molar-refractivity contribution is -0.116. The van der Waals surface area contributed by atoms with E-state index in [9.17, 15) is 4.79 Å². The lowest BCUT2D eigenvalue weighted by Gasteiger charge is -2.13. The molecule has 5 rings (SSSR count). The molecule has 11 nitrogen and oxygen atoms in total. The second-order valence-corrected chi connectivity index (χ2v) is 12.3. The SMILES string of the molecule is Cc1sc2c(c1C)C(c1ccc(Cl)cc1)=N[C@@H](CC(=O)Nc1ccc(OCCOCCOCCOCCN)cc1)c1nnc(C)n1-2. The van der Waals surface area contributed by atoms with Crippen LogP contribution in [0, 0.1) is 20.8 Å². The number of hydrogen-bond donors (Lipinski definition) is 2. The summed E-state index contributed by atoms with van der Waals surface area (Å²) in [6, 6.07) is 14.3. The number of rotatable bonds is 16. The summed E-state index contributed by atoms with van der Waals surface area (Å²) in [4.78, 5) is 19.7. The number of ether oxygens (including phenoxy) is 4. The van der Waals surface area contributed by atoms with Crippen LogP contribution in [0.5, 0.6) is 5.75 Å². The number of amides is 1. The Bertz CT molecular complexity index is 1640. The average molecular weight is 667 g/mol. The van der Waals surface area contributed by atoms with Crippen LogP contribution in [0.1, 0.15) is 45.7 Å². The Balaban J connectivity index is 1.19. The Morgan fingerprint density at radius 1 is 0.913 bits per heavy atom. The van der Waals surface area contributed by atoms with Gasteiger partial charge in [-0.25, -0.2) is 0 Å². The summed E-state index contributed by atoms with van der Waals surface area (Å²) in [5.74, 6) is 1.86. The van der Waals surface area contributed by atoms with Gasteiger partial charge in [-0.1, -0.05) is 23.7 Å². The summed E-state index contributed by atoms with van der Waals surface area (Å²) < 4.78 is 24.0. The van der Waals surface area contributed by atoms with Gasteiger partial charge in [0.25, 0.3) is 0 Å². The van der Waals surface area contributed by atoms with Crippen molar-refractivity contribution in [1.29, 1.82) is 0 Å². The predicted molar refractivity (Wildman–Crippen MR) is 180 cm³/mol. The normalized spacial score (nSPS) is 13.9. The number of thiophene rings is 1. The highest BCUT2D eigenvalue weighted by atomic mass is 35.5. The fourth-order valence-electron chi connectivity index (χ4n) is 5.00. The molecule has 3 N–H and O–H groups in total. The number of aromatic nitrogens is 3. The topological polar surface area (TPSA) is 135 Å². The number of aliphatic imine (C=N–C) groups is 1. The minimum atomic E-state index is -0.552. The molecule has 46 heavy (non-hydrogen) atoms. The number of hydrogen-bond acceptors (Lipinski definition) is 10. The zero-order valence-electron chi connectivity index (χ0n) is 26.3. The van der Waals surface area contributed by atoms with E-state index in [0.29, 0.717) is 75.1 Å². The number of carbonyl (C=O) groups is 1. The van der Waals surface area contributed by atoms with Gasteiger partial charge in [-0.15, -0.1) is 21.5 Å². The minimum absolute atomic E-state index is 0.0855. The molecule has 0 saturated heterocycles. The van der Waals surface area contributed by atoms with E-state index in [-0.39, 0.29) is 12.3 Å². The van der Waals surface area contributed by atoms with Crippen LogP contribution in [0.25, 0.3) is 5.00 Å². The molecule has 13 heteroatoms. The largest absolute Gasteiger partial charge is 0.491 e. The van der Waals surface area contributed by atoms with Gasteiger partial charge in [0.2, 0.25) is 5.91 Å². The third-order valence-electron chi connectivity index (χ3n) is 7.38. The molecule has 0 radical (unpaired) electrons. The number of benzene rings is 2. The van der Waals surface area contributed by atoms with Crippen molar-refractivity contribution in [1.82, 2.24) is 14.8 Å². The van der Waals surface area contributed by atoms with Gasteiger partial charge >= 0.3 is 0 Å². The number of nitrogens with two attached hydrogens (primary N) is 1. The predicted octanol–water partition coefficient (Wildman–Crippen LogP) is 5.22. The van der Waals surface area contributed by atoms with E-state index in [1.807, 2.05) is 47.9 Å². The van der Waals surface area contributed by atoms with Gasteiger partial charge in [-0.2, -0.15) is 0 Å². The molecule has 3 heterocycles. The van der Waals surface area contributed by atoms with Crippen LogP contribution in [0.15, 0.2) is 53.5 Å². The number of aryl methyl sites for hydroxylation is 2. The lowest BCUT2D eigenvalue weighted by Crippen LogP contribution is -2.17. The smallest absolute Gasteiger partial charge is 0.227 e. The molecule has 0 unspecified atom stereocenters. The maximum Gasteiger partial charge on any atom is 0.227 e. The van der Waals surface area contributed by atoms with Crippen LogP contribution in [-0.2, 0) is 19.0 Å². The third-order valence-corrected chi connectivity index (χ3v) is 8.82. The zero-order valence-corrected chi connectivity index (χ0v) is 27.8. The first kappa shape index (κ1) is 33.7. The van der Waals surface area contributed by atoms with Gasteiger partial charge in [0.05, 0.1) is 51.8 Å². The minimum Gasteiger partial charge on any atom is -0.491 e. The molecule has 1 aliphatic rings. The summed E-state index contributed by atoms with van der Waals surface area (Å²) in [5, 5.41) is 13.5. The van der Waals surface area contributed by atoms with Crippen LogP contribution >= 0.6 is 22.9 Å². The van der Waals surface area contributed by atoms with Gasteiger partial charge in [0.1, 0.15) is 29.2 Å². The molecule has 1 aliphatic heterocycles. The quantitative estimate of drug-likeness (QED) is 0.156. The Morgan fingerprint density at radius 3 is 2.24 bits per heavy atom. The molecule has 1 amide bonds. The van der Waals surface area contributed by atoms with Crippen molar-refractivity contribution < 1.29 is 23.7 Å². The zero-order chi connectivity index (χ0) is 32.5. The molecular weight excluding hydrogens is 628 g/mol. The molecule has 0 fully saturated rings. The average Bonchev–Trinajstić information content (AvgIpc) is 3.52. The fraction of sp³-hybridized carbons (Fsp3) is 0.394. The fourth-order valence-corrected chi connectivity index (χ4v) is 6.34. The van der Waals surface area contributed by atoms with Crippen LogP contribution < -0.4 is 15.8 Å². The van der Waals surface area contributed by atoms with E-state index in [0.717, 1.165) is 33.2 Å². The number of nitrogens with zero attached hydrogens (tertiary/aromatic N) is 4. The van der Waals surface area contributed by atoms with Crippen molar-refractivity contribution in [2.24, 2.45) is 10.7 Å². The van der Waals surface area contributed by atoms with Crippen molar-refractivity contribution in [3.63, 3.8) is 0 Å². The van der Waals surface area contributed by atoms with Gasteiger partial charge in [0.15, 0.2) is 5.82 Å². The standard InChI is InChI=1S/C33H39ClN6O5S/c1-21-22(2)46-33-30(21)31(24-4-6-25(34)7-5-24)37-28(32-39-38-23(3)40(32)33)20-29(41)36-26-8-10-27(11-9-26)45-19-18-44-17-16-43-15-14-42-13-12-35/h4-11,28H,12-20,35H2,1-3H3,(H,36,41)/t28-/m0/s1. The van der Waals surface area contributed by atoms with E-state index >= 15 is 0 Å². The van der Waals surface area contributed by atoms with E-state index in [4.69, 9.17) is 41.3 Å². The lowest BCUT2D eigenvalue weighted by atomic mass is 9.99. The highest BCUT2D eigenvalue weighted by Gasteiger charge is 2.32. The molecule has 0 spiro atoms. The summed E-state index contributed by atoms with van der Waals surface area (Å²) in [5.41, 5.74) is 9.92. The molecule has 0 aliphatic carbocycles. The highest BCUT2D eigenvalue weighted by Crippen LogP contribution is 2.39. The van der Waals surface area contributed by atoms with Gasteiger partial charge in [-0.05, 0) is 62.7 Å². The van der Waals surface area contributed by atoms with Crippen LogP contribution in [0.3, 0.4) is 0 Å². The number of carbonyl (C=O) groups excluding carboxylic acids is 1. The van der Waals surface area contributed by atoms with Crippen LogP contribution in [-0.4, -0.2) is 79.2 Å². The Labute approximate surface area is 277 Å². The van der Waals surface area contributed by atoms with Crippen LogP contribution in [0.4, 0.5) is 5.69 Å². The second-order valence-electron chi connectivity index (χ2n) is 10.7. The number of nitrogens with one attached hydrogen (secondary N) is 1. The molecule has 4 aromatic rings. The number of anilines is 1. The van der Waals surface area contributed by atoms with Crippen molar-refractivity contribution in [2.75, 3.05) is 58.1 Å². The van der Waals surface area contributed by atoms with Crippen molar-refractivity contribution >= 4 is 40.2 Å². The van der Waals surface area contributed by atoms with Gasteiger partial charge in [-0.3, -0.25) is 14.4 Å². The first-order valence-corrected chi connectivity index (χ1v) is 16.4. The van der Waals surface area contributed by atoms with Crippen molar-refractivity contribution in [2.45, 2.75) is 33.2 Å². The van der Waals surface area contributed by atoms with Crippen molar-refractivity contribution in [3.8, 4) is 10.8 Å². The Hall–Kier alpha value is -3.65. The molecule has 1 atom stereocenters. The monoisotopic (exact) mass is 666 g/mol. The Kier molecular flexibility index (Phi) is 11.9. The summed E-state index contributed by atoms with van der Waals surface area (Å²) in [6.07, 6.45) is 0.0855. The molecular formula is C33H39ClN6O5S. The van der Waals surface area contributed by atoms with E-state index < -0.39 is 6.04 Å².